The molecule has 0 saturated carbocycles. The lowest BCUT2D eigenvalue weighted by Crippen LogP contribution is -1.93. The van der Waals surface area contributed by atoms with Crippen LogP contribution in [0.15, 0.2) is 42.9 Å². The van der Waals surface area contributed by atoms with Crippen LogP contribution in [0.25, 0.3) is 16.7 Å². The van der Waals surface area contributed by atoms with Gasteiger partial charge in [0, 0.05) is 12.3 Å². The molecule has 0 aromatic carbocycles. The number of aromatic nitrogens is 4. The lowest BCUT2D eigenvalue weighted by Gasteiger charge is -1.97. The molecule has 0 N–H and O–H groups in total. The summed E-state index contributed by atoms with van der Waals surface area (Å²) in [4.78, 5) is 8.37. The van der Waals surface area contributed by atoms with Gasteiger partial charge in [0.05, 0.1) is 25.2 Å². The van der Waals surface area contributed by atoms with Gasteiger partial charge >= 0.3 is 0 Å². The summed E-state index contributed by atoms with van der Waals surface area (Å²) in [5.74, 6) is 0.586. The summed E-state index contributed by atoms with van der Waals surface area (Å²) in [6.07, 6.45) is 5.34. The van der Waals surface area contributed by atoms with E-state index >= 15 is 0 Å². The summed E-state index contributed by atoms with van der Waals surface area (Å²) in [6, 6.07) is 7.49. The Balaban J connectivity index is 2.14. The van der Waals surface area contributed by atoms with E-state index in [9.17, 15) is 0 Å². The second-order valence-electron chi connectivity index (χ2n) is 3.54. The highest BCUT2D eigenvalue weighted by molar-refractivity contribution is 5.74. The van der Waals surface area contributed by atoms with Gasteiger partial charge in [0.2, 0.25) is 5.88 Å². The van der Waals surface area contributed by atoms with Gasteiger partial charge in [0.15, 0.2) is 0 Å². The highest BCUT2D eigenvalue weighted by Crippen LogP contribution is 2.16. The fourth-order valence-electron chi connectivity index (χ4n) is 1.62. The molecule has 0 bridgehead atoms. The van der Waals surface area contributed by atoms with Gasteiger partial charge in [0.25, 0.3) is 0 Å². The predicted molar refractivity (Wildman–Crippen MR) is 63.2 cm³/mol. The van der Waals surface area contributed by atoms with Crippen LogP contribution in [-0.4, -0.2) is 26.9 Å². The number of hydrogen-bond donors (Lipinski definition) is 0. The van der Waals surface area contributed by atoms with Crippen molar-refractivity contribution in [3.05, 3.63) is 42.9 Å². The molecule has 5 nitrogen and oxygen atoms in total. The minimum Gasteiger partial charge on any atom is -0.481 e. The van der Waals surface area contributed by atoms with E-state index in [1.807, 2.05) is 24.4 Å². The minimum atomic E-state index is 0.586. The minimum absolute atomic E-state index is 0.586. The van der Waals surface area contributed by atoms with Crippen molar-refractivity contribution in [3.8, 4) is 11.6 Å². The summed E-state index contributed by atoms with van der Waals surface area (Å²) in [5, 5.41) is 4.42. The van der Waals surface area contributed by atoms with Gasteiger partial charge in [-0.15, -0.1) is 0 Å². The van der Waals surface area contributed by atoms with E-state index in [-0.39, 0.29) is 0 Å². The van der Waals surface area contributed by atoms with Gasteiger partial charge in [-0.25, -0.2) is 9.67 Å². The molecule has 0 aliphatic rings. The predicted octanol–water partition coefficient (Wildman–Crippen LogP) is 1.82. The second kappa shape index (κ2) is 3.86. The summed E-state index contributed by atoms with van der Waals surface area (Å²) < 4.78 is 6.83. The first-order valence-electron chi connectivity index (χ1n) is 5.17. The Bertz CT molecular complexity index is 648. The van der Waals surface area contributed by atoms with Crippen molar-refractivity contribution in [2.24, 2.45) is 0 Å². The third-order valence-electron chi connectivity index (χ3n) is 2.46. The van der Waals surface area contributed by atoms with Crippen molar-refractivity contribution < 1.29 is 4.74 Å². The van der Waals surface area contributed by atoms with Crippen molar-refractivity contribution in [2.45, 2.75) is 0 Å². The zero-order chi connectivity index (χ0) is 11.7. The van der Waals surface area contributed by atoms with Crippen molar-refractivity contribution in [2.75, 3.05) is 7.11 Å². The molecule has 0 aliphatic heterocycles. The maximum absolute atomic E-state index is 5.08. The average molecular weight is 226 g/mol. The molecule has 5 heteroatoms. The van der Waals surface area contributed by atoms with Crippen molar-refractivity contribution >= 4 is 11.0 Å². The van der Waals surface area contributed by atoms with Crippen LogP contribution in [-0.2, 0) is 0 Å². The Morgan fingerprint density at radius 2 is 2.12 bits per heavy atom. The van der Waals surface area contributed by atoms with E-state index in [1.54, 1.807) is 30.3 Å². The van der Waals surface area contributed by atoms with E-state index in [0.717, 1.165) is 16.7 Å². The third kappa shape index (κ3) is 1.71. The van der Waals surface area contributed by atoms with Gasteiger partial charge in [-0.3, -0.25) is 4.98 Å². The standard InChI is InChI=1S/C12H10N4O/c1-17-12-5-4-10-11(14-12)8-16(15-10)9-3-2-6-13-7-9/h2-8H,1H3. The normalized spacial score (nSPS) is 10.6. The molecule has 0 atom stereocenters. The monoisotopic (exact) mass is 226 g/mol. The first-order valence-corrected chi connectivity index (χ1v) is 5.17. The molecule has 0 amide bonds. The second-order valence-corrected chi connectivity index (χ2v) is 3.54. The summed E-state index contributed by atoms with van der Waals surface area (Å²) in [7, 11) is 1.60. The molecule has 0 fully saturated rings. The van der Waals surface area contributed by atoms with Crippen LogP contribution >= 0.6 is 0 Å². The molecule has 3 rings (SSSR count). The number of methoxy groups -OCH3 is 1. The largest absolute Gasteiger partial charge is 0.481 e. The van der Waals surface area contributed by atoms with Gasteiger partial charge in [-0.05, 0) is 18.2 Å². The van der Waals surface area contributed by atoms with Crippen molar-refractivity contribution in [1.29, 1.82) is 0 Å². The first kappa shape index (κ1) is 9.77. The molecule has 84 valence electrons. The van der Waals surface area contributed by atoms with E-state index in [1.165, 1.54) is 0 Å². The zero-order valence-corrected chi connectivity index (χ0v) is 9.24. The summed E-state index contributed by atoms with van der Waals surface area (Å²) in [5.41, 5.74) is 2.53. The fourth-order valence-corrected chi connectivity index (χ4v) is 1.62. The highest BCUT2D eigenvalue weighted by Gasteiger charge is 2.04. The van der Waals surface area contributed by atoms with E-state index in [0.29, 0.717) is 5.88 Å². The van der Waals surface area contributed by atoms with Crippen LogP contribution < -0.4 is 4.74 Å². The Morgan fingerprint density at radius 3 is 2.88 bits per heavy atom. The van der Waals surface area contributed by atoms with E-state index in [2.05, 4.69) is 15.1 Å². The molecule has 0 radical (unpaired) electrons. The molecule has 0 unspecified atom stereocenters. The summed E-state index contributed by atoms with van der Waals surface area (Å²) in [6.45, 7) is 0. The molecular weight excluding hydrogens is 216 g/mol. The van der Waals surface area contributed by atoms with Crippen LogP contribution in [0.2, 0.25) is 0 Å². The van der Waals surface area contributed by atoms with Crippen LogP contribution in [0, 0.1) is 0 Å². The average Bonchev–Trinajstić information content (AvgIpc) is 2.82. The SMILES string of the molecule is COc1ccc2nn(-c3cccnc3)cc2n1. The topological polar surface area (TPSA) is 52.8 Å². The van der Waals surface area contributed by atoms with Crippen LogP contribution in [0.1, 0.15) is 0 Å². The summed E-state index contributed by atoms with van der Waals surface area (Å²) >= 11 is 0. The Kier molecular flexibility index (Phi) is 2.22. The lowest BCUT2D eigenvalue weighted by molar-refractivity contribution is 0.399. The van der Waals surface area contributed by atoms with Crippen molar-refractivity contribution in [3.63, 3.8) is 0 Å². The third-order valence-corrected chi connectivity index (χ3v) is 2.46. The molecular formula is C12H10N4O. The lowest BCUT2D eigenvalue weighted by atomic mass is 10.4. The number of rotatable bonds is 2. The number of nitrogens with zero attached hydrogens (tertiary/aromatic N) is 4. The molecule has 17 heavy (non-hydrogen) atoms. The van der Waals surface area contributed by atoms with Gasteiger partial charge < -0.3 is 4.74 Å². The maximum atomic E-state index is 5.08. The van der Waals surface area contributed by atoms with Crippen LogP contribution in [0.5, 0.6) is 5.88 Å². The van der Waals surface area contributed by atoms with E-state index < -0.39 is 0 Å². The Labute approximate surface area is 97.7 Å². The van der Waals surface area contributed by atoms with E-state index in [4.69, 9.17) is 4.74 Å². The molecule has 0 saturated heterocycles. The highest BCUT2D eigenvalue weighted by atomic mass is 16.5. The number of fused-ring (bicyclic) bond motifs is 1. The van der Waals surface area contributed by atoms with Crippen molar-refractivity contribution in [1.82, 2.24) is 19.7 Å². The van der Waals surface area contributed by atoms with Gasteiger partial charge in [-0.2, -0.15) is 5.10 Å². The fraction of sp³-hybridized carbons (Fsp3) is 0.0833. The number of pyridine rings is 2. The van der Waals surface area contributed by atoms with Crippen LogP contribution in [0.3, 0.4) is 0 Å². The van der Waals surface area contributed by atoms with Gasteiger partial charge in [0.1, 0.15) is 11.0 Å². The smallest absolute Gasteiger partial charge is 0.213 e. The molecule has 3 heterocycles. The zero-order valence-electron chi connectivity index (χ0n) is 9.24. The maximum Gasteiger partial charge on any atom is 0.213 e. The molecule has 3 aromatic rings. The number of ether oxygens (including phenoxy) is 1. The quantitative estimate of drug-likeness (QED) is 0.668. The Morgan fingerprint density at radius 1 is 1.18 bits per heavy atom. The molecule has 0 spiro atoms. The number of hydrogen-bond acceptors (Lipinski definition) is 4. The molecule has 3 aromatic heterocycles. The Hall–Kier alpha value is -2.43. The first-order chi connectivity index (χ1) is 8.36. The van der Waals surface area contributed by atoms with Gasteiger partial charge in [-0.1, -0.05) is 0 Å². The molecule has 0 aliphatic carbocycles. The van der Waals surface area contributed by atoms with Crippen LogP contribution in [0.4, 0.5) is 0 Å².